The fourth-order valence-corrected chi connectivity index (χ4v) is 2.47. The van der Waals surface area contributed by atoms with Gasteiger partial charge in [-0.05, 0) is 12.1 Å². The molecule has 16 heavy (non-hydrogen) atoms. The van der Waals surface area contributed by atoms with Crippen LogP contribution in [-0.2, 0) is 9.47 Å². The standard InChI is InChI=1S/C11H14N2O2S/c1-14-11(15-2)8-16-10-5-3-4-9-12-6-7-13(9)10/h3-7,11H,8H2,1-2H3. The molecule has 2 aromatic rings. The second-order valence-corrected chi connectivity index (χ2v) is 4.27. The number of rotatable bonds is 5. The molecule has 0 amide bonds. The first kappa shape index (κ1) is 11.4. The van der Waals surface area contributed by atoms with Gasteiger partial charge in [0.25, 0.3) is 0 Å². The fraction of sp³-hybridized carbons (Fsp3) is 0.364. The van der Waals surface area contributed by atoms with Crippen molar-refractivity contribution >= 4 is 17.4 Å². The summed E-state index contributed by atoms with van der Waals surface area (Å²) in [5.41, 5.74) is 0.955. The number of pyridine rings is 1. The third kappa shape index (κ3) is 2.37. The monoisotopic (exact) mass is 238 g/mol. The van der Waals surface area contributed by atoms with Crippen LogP contribution in [0, 0.1) is 0 Å². The Morgan fingerprint density at radius 2 is 2.19 bits per heavy atom. The van der Waals surface area contributed by atoms with Gasteiger partial charge in [-0.15, -0.1) is 11.8 Å². The van der Waals surface area contributed by atoms with Crippen molar-refractivity contribution < 1.29 is 9.47 Å². The van der Waals surface area contributed by atoms with Crippen LogP contribution in [0.3, 0.4) is 0 Å². The molecule has 0 bridgehead atoms. The van der Waals surface area contributed by atoms with E-state index in [0.29, 0.717) is 0 Å². The molecule has 0 N–H and O–H groups in total. The predicted molar refractivity (Wildman–Crippen MR) is 63.7 cm³/mol. The maximum Gasteiger partial charge on any atom is 0.166 e. The Bertz CT molecular complexity index is 454. The number of imidazole rings is 1. The number of hydrogen-bond donors (Lipinski definition) is 0. The first-order valence-corrected chi connectivity index (χ1v) is 5.94. The van der Waals surface area contributed by atoms with Gasteiger partial charge in [-0.3, -0.25) is 4.40 Å². The maximum atomic E-state index is 5.15. The van der Waals surface area contributed by atoms with Crippen molar-refractivity contribution in [3.63, 3.8) is 0 Å². The number of fused-ring (bicyclic) bond motifs is 1. The minimum absolute atomic E-state index is 0.177. The summed E-state index contributed by atoms with van der Waals surface area (Å²) in [7, 11) is 3.29. The first-order chi connectivity index (χ1) is 7.85. The van der Waals surface area contributed by atoms with E-state index in [-0.39, 0.29) is 6.29 Å². The van der Waals surface area contributed by atoms with Crippen LogP contribution >= 0.6 is 11.8 Å². The number of nitrogens with zero attached hydrogens (tertiary/aromatic N) is 2. The van der Waals surface area contributed by atoms with E-state index in [0.717, 1.165) is 16.4 Å². The van der Waals surface area contributed by atoms with Gasteiger partial charge in [-0.25, -0.2) is 4.98 Å². The number of methoxy groups -OCH3 is 2. The van der Waals surface area contributed by atoms with Crippen molar-refractivity contribution in [2.45, 2.75) is 11.3 Å². The van der Waals surface area contributed by atoms with E-state index >= 15 is 0 Å². The number of thioether (sulfide) groups is 1. The zero-order valence-corrected chi connectivity index (χ0v) is 10.1. The van der Waals surface area contributed by atoms with Crippen molar-refractivity contribution in [3.05, 3.63) is 30.6 Å². The lowest BCUT2D eigenvalue weighted by Crippen LogP contribution is -2.15. The molecule has 5 heteroatoms. The largest absolute Gasteiger partial charge is 0.355 e. The van der Waals surface area contributed by atoms with Crippen molar-refractivity contribution in [1.82, 2.24) is 9.38 Å². The zero-order valence-electron chi connectivity index (χ0n) is 9.29. The van der Waals surface area contributed by atoms with Gasteiger partial charge in [-0.1, -0.05) is 6.07 Å². The molecular formula is C11H14N2O2S. The second-order valence-electron chi connectivity index (χ2n) is 3.23. The molecule has 2 heterocycles. The Kier molecular flexibility index (Phi) is 3.82. The number of aromatic nitrogens is 2. The van der Waals surface area contributed by atoms with Crippen LogP contribution in [0.4, 0.5) is 0 Å². The summed E-state index contributed by atoms with van der Waals surface area (Å²) in [5.74, 6) is 0.754. The molecule has 2 rings (SSSR count). The summed E-state index contributed by atoms with van der Waals surface area (Å²) in [6.07, 6.45) is 3.57. The van der Waals surface area contributed by atoms with E-state index in [1.54, 1.807) is 32.2 Å². The molecular weight excluding hydrogens is 224 g/mol. The van der Waals surface area contributed by atoms with Gasteiger partial charge >= 0.3 is 0 Å². The molecule has 0 fully saturated rings. The van der Waals surface area contributed by atoms with Crippen LogP contribution in [0.2, 0.25) is 0 Å². The fourth-order valence-electron chi connectivity index (χ4n) is 1.42. The van der Waals surface area contributed by atoms with Crippen LogP contribution in [0.5, 0.6) is 0 Å². The molecule has 2 aromatic heterocycles. The maximum absolute atomic E-state index is 5.15. The van der Waals surface area contributed by atoms with Crippen molar-refractivity contribution in [2.75, 3.05) is 20.0 Å². The van der Waals surface area contributed by atoms with E-state index in [1.807, 2.05) is 22.7 Å². The molecule has 0 spiro atoms. The number of ether oxygens (including phenoxy) is 2. The van der Waals surface area contributed by atoms with E-state index < -0.39 is 0 Å². The molecule has 0 aliphatic heterocycles. The minimum atomic E-state index is -0.177. The molecule has 0 aromatic carbocycles. The van der Waals surface area contributed by atoms with Crippen molar-refractivity contribution in [3.8, 4) is 0 Å². The summed E-state index contributed by atoms with van der Waals surface area (Å²) < 4.78 is 12.3. The van der Waals surface area contributed by atoms with E-state index in [4.69, 9.17) is 9.47 Å². The Labute approximate surface area is 98.6 Å². The summed E-state index contributed by atoms with van der Waals surface area (Å²) >= 11 is 1.68. The lowest BCUT2D eigenvalue weighted by Gasteiger charge is -2.13. The summed E-state index contributed by atoms with van der Waals surface area (Å²) in [4.78, 5) is 4.23. The third-order valence-electron chi connectivity index (χ3n) is 2.28. The van der Waals surface area contributed by atoms with Gasteiger partial charge in [-0.2, -0.15) is 0 Å². The highest BCUT2D eigenvalue weighted by Crippen LogP contribution is 2.20. The summed E-state index contributed by atoms with van der Waals surface area (Å²) in [6, 6.07) is 6.04. The SMILES string of the molecule is COC(CSc1cccc2nccn12)OC. The van der Waals surface area contributed by atoms with Crippen LogP contribution in [0.15, 0.2) is 35.6 Å². The molecule has 0 unspecified atom stereocenters. The molecule has 0 saturated heterocycles. The highest BCUT2D eigenvalue weighted by molar-refractivity contribution is 7.99. The van der Waals surface area contributed by atoms with Gasteiger partial charge in [0.1, 0.15) is 5.65 Å². The normalized spacial score (nSPS) is 11.4. The van der Waals surface area contributed by atoms with Crippen LogP contribution < -0.4 is 0 Å². The summed E-state index contributed by atoms with van der Waals surface area (Å²) in [6.45, 7) is 0. The van der Waals surface area contributed by atoms with E-state index in [1.165, 1.54) is 0 Å². The van der Waals surface area contributed by atoms with Crippen LogP contribution in [0.25, 0.3) is 5.65 Å². The molecule has 0 radical (unpaired) electrons. The van der Waals surface area contributed by atoms with Crippen LogP contribution in [0.1, 0.15) is 0 Å². The second kappa shape index (κ2) is 5.34. The molecule has 0 atom stereocenters. The Balaban J connectivity index is 2.11. The minimum Gasteiger partial charge on any atom is -0.355 e. The van der Waals surface area contributed by atoms with Crippen molar-refractivity contribution in [1.29, 1.82) is 0 Å². The number of hydrogen-bond acceptors (Lipinski definition) is 4. The summed E-state index contributed by atoms with van der Waals surface area (Å²) in [5, 5.41) is 1.13. The van der Waals surface area contributed by atoms with Gasteiger partial charge in [0.15, 0.2) is 6.29 Å². The lowest BCUT2D eigenvalue weighted by atomic mass is 10.5. The molecule has 0 aliphatic rings. The quantitative estimate of drug-likeness (QED) is 0.590. The topological polar surface area (TPSA) is 35.8 Å². The zero-order chi connectivity index (χ0) is 11.4. The predicted octanol–water partition coefficient (Wildman–Crippen LogP) is 2.05. The Morgan fingerprint density at radius 3 is 2.94 bits per heavy atom. The molecule has 4 nitrogen and oxygen atoms in total. The van der Waals surface area contributed by atoms with Crippen molar-refractivity contribution in [2.24, 2.45) is 0 Å². The van der Waals surface area contributed by atoms with Gasteiger partial charge < -0.3 is 9.47 Å². The average molecular weight is 238 g/mol. The third-order valence-corrected chi connectivity index (χ3v) is 3.35. The van der Waals surface area contributed by atoms with Gasteiger partial charge in [0.2, 0.25) is 0 Å². The first-order valence-electron chi connectivity index (χ1n) is 4.95. The molecule has 86 valence electrons. The molecule has 0 aliphatic carbocycles. The van der Waals surface area contributed by atoms with E-state index in [9.17, 15) is 0 Å². The Hall–Kier alpha value is -1.04. The van der Waals surface area contributed by atoms with Gasteiger partial charge in [0.05, 0.1) is 10.8 Å². The lowest BCUT2D eigenvalue weighted by molar-refractivity contribution is -0.0842. The van der Waals surface area contributed by atoms with E-state index in [2.05, 4.69) is 11.1 Å². The Morgan fingerprint density at radius 1 is 1.38 bits per heavy atom. The smallest absolute Gasteiger partial charge is 0.166 e. The van der Waals surface area contributed by atoms with Gasteiger partial charge in [0, 0.05) is 26.6 Å². The highest BCUT2D eigenvalue weighted by atomic mass is 32.2. The highest BCUT2D eigenvalue weighted by Gasteiger charge is 2.07. The van der Waals surface area contributed by atoms with Crippen LogP contribution in [-0.4, -0.2) is 35.6 Å². The molecule has 0 saturated carbocycles. The average Bonchev–Trinajstić information content (AvgIpc) is 2.79.